The zero-order valence-corrected chi connectivity index (χ0v) is 19.1. The Morgan fingerprint density at radius 3 is 2.52 bits per heavy atom. The molecule has 3 aromatic rings. The lowest BCUT2D eigenvalue weighted by molar-refractivity contribution is -0.137. The van der Waals surface area contributed by atoms with Gasteiger partial charge in [-0.05, 0) is 36.1 Å². The van der Waals surface area contributed by atoms with Crippen molar-refractivity contribution in [3.05, 3.63) is 58.6 Å². The van der Waals surface area contributed by atoms with Crippen LogP contribution < -0.4 is 9.64 Å². The molecule has 0 unspecified atom stereocenters. The van der Waals surface area contributed by atoms with E-state index < -0.39 is 18.0 Å². The summed E-state index contributed by atoms with van der Waals surface area (Å²) < 4.78 is 45.5. The molecule has 2 heterocycles. The molecule has 4 rings (SSSR count). The van der Waals surface area contributed by atoms with E-state index in [4.69, 9.17) is 16.3 Å². The fourth-order valence-electron chi connectivity index (χ4n) is 3.42. The number of aromatic nitrogens is 3. The van der Waals surface area contributed by atoms with E-state index in [2.05, 4.69) is 15.2 Å². The highest BCUT2D eigenvalue weighted by Gasteiger charge is 2.36. The Bertz CT molecular complexity index is 1190. The summed E-state index contributed by atoms with van der Waals surface area (Å²) >= 11 is 7.58. The molecule has 0 spiro atoms. The van der Waals surface area contributed by atoms with Crippen LogP contribution in [0.1, 0.15) is 37.6 Å². The average Bonchev–Trinajstić information content (AvgIpc) is 2.92. The van der Waals surface area contributed by atoms with Crippen LogP contribution in [0.4, 0.5) is 18.9 Å². The van der Waals surface area contributed by atoms with Gasteiger partial charge in [-0.2, -0.15) is 18.2 Å². The van der Waals surface area contributed by atoms with Crippen molar-refractivity contribution in [1.29, 1.82) is 0 Å². The first kappa shape index (κ1) is 23.3. The molecular formula is C22H18ClF3N4O2S. The molecule has 1 aromatic heterocycles. The quantitative estimate of drug-likeness (QED) is 0.405. The first-order valence-corrected chi connectivity index (χ1v) is 11.4. The van der Waals surface area contributed by atoms with Crippen LogP contribution in [0.3, 0.4) is 0 Å². The number of hydrogen-bond donors (Lipinski definition) is 0. The Balaban J connectivity index is 1.92. The number of carbonyl (C=O) groups excluding carboxylic acids is 1. The molecule has 6 nitrogen and oxygen atoms in total. The molecule has 172 valence electrons. The van der Waals surface area contributed by atoms with Gasteiger partial charge in [0.25, 0.3) is 0 Å². The smallest absolute Gasteiger partial charge is 0.416 e. The maximum absolute atomic E-state index is 13.1. The lowest BCUT2D eigenvalue weighted by Crippen LogP contribution is -2.37. The highest BCUT2D eigenvalue weighted by Crippen LogP contribution is 2.45. The van der Waals surface area contributed by atoms with Crippen molar-refractivity contribution < 1.29 is 22.7 Å². The second kappa shape index (κ2) is 9.18. The second-order valence-electron chi connectivity index (χ2n) is 7.05. The molecule has 0 saturated carbocycles. The zero-order valence-electron chi connectivity index (χ0n) is 17.6. The Morgan fingerprint density at radius 2 is 1.88 bits per heavy atom. The lowest BCUT2D eigenvalue weighted by Gasteiger charge is -2.30. The van der Waals surface area contributed by atoms with E-state index in [0.717, 1.165) is 12.1 Å². The minimum absolute atomic E-state index is 0.112. The van der Waals surface area contributed by atoms with Crippen molar-refractivity contribution in [2.75, 3.05) is 10.7 Å². The summed E-state index contributed by atoms with van der Waals surface area (Å²) in [5, 5.41) is 9.18. The van der Waals surface area contributed by atoms with E-state index in [-0.39, 0.29) is 23.9 Å². The summed E-state index contributed by atoms with van der Waals surface area (Å²) in [5.41, 5.74) is 0.772. The highest BCUT2D eigenvalue weighted by molar-refractivity contribution is 7.99. The monoisotopic (exact) mass is 494 g/mol. The van der Waals surface area contributed by atoms with Crippen LogP contribution in [0.5, 0.6) is 5.88 Å². The summed E-state index contributed by atoms with van der Waals surface area (Å²) in [6.45, 7) is 3.62. The van der Waals surface area contributed by atoms with E-state index >= 15 is 0 Å². The summed E-state index contributed by atoms with van der Waals surface area (Å²) in [6, 6.07) is 9.40. The van der Waals surface area contributed by atoms with Crippen LogP contribution >= 0.6 is 23.4 Å². The van der Waals surface area contributed by atoms with Gasteiger partial charge in [0, 0.05) is 22.6 Å². The first-order chi connectivity index (χ1) is 15.7. The molecule has 0 fully saturated rings. The van der Waals surface area contributed by atoms with Crippen LogP contribution in [0.2, 0.25) is 5.02 Å². The van der Waals surface area contributed by atoms with Crippen LogP contribution in [0.15, 0.2) is 47.6 Å². The van der Waals surface area contributed by atoms with Crippen molar-refractivity contribution in [2.24, 2.45) is 0 Å². The van der Waals surface area contributed by atoms with Crippen molar-refractivity contribution in [3.8, 4) is 17.1 Å². The Morgan fingerprint density at radius 1 is 1.15 bits per heavy atom. The lowest BCUT2D eigenvalue weighted by atomic mass is 10.1. The van der Waals surface area contributed by atoms with Gasteiger partial charge < -0.3 is 4.74 Å². The van der Waals surface area contributed by atoms with Crippen molar-refractivity contribution in [1.82, 2.24) is 15.2 Å². The SMILES string of the molecule is CCSc1nnc2c(n1)O[C@@H](c1ccc(C(F)(F)F)cc1)N(C(=O)CC)c1ccc(Cl)cc1-2. The Labute approximate surface area is 197 Å². The molecule has 1 aliphatic heterocycles. The van der Waals surface area contributed by atoms with Gasteiger partial charge in [-0.3, -0.25) is 9.69 Å². The van der Waals surface area contributed by atoms with Crippen molar-refractivity contribution >= 4 is 35.0 Å². The van der Waals surface area contributed by atoms with Crippen molar-refractivity contribution in [3.63, 3.8) is 0 Å². The van der Waals surface area contributed by atoms with Gasteiger partial charge in [0.15, 0.2) is 5.69 Å². The maximum Gasteiger partial charge on any atom is 0.416 e. The van der Waals surface area contributed by atoms with E-state index in [0.29, 0.717) is 32.7 Å². The molecule has 2 aromatic carbocycles. The normalized spacial score (nSPS) is 15.3. The van der Waals surface area contributed by atoms with Gasteiger partial charge >= 0.3 is 6.18 Å². The number of ether oxygens (including phenoxy) is 1. The van der Waals surface area contributed by atoms with Gasteiger partial charge in [-0.1, -0.05) is 49.3 Å². The molecule has 11 heteroatoms. The zero-order chi connectivity index (χ0) is 23.8. The van der Waals surface area contributed by atoms with Gasteiger partial charge in [0.1, 0.15) is 0 Å². The van der Waals surface area contributed by atoms with Gasteiger partial charge in [0.05, 0.1) is 11.3 Å². The third-order valence-corrected chi connectivity index (χ3v) is 5.89. The third-order valence-electron chi connectivity index (χ3n) is 4.93. The Hall–Kier alpha value is -2.85. The van der Waals surface area contributed by atoms with E-state index in [9.17, 15) is 18.0 Å². The number of carbonyl (C=O) groups is 1. The third kappa shape index (κ3) is 4.63. The number of thioether (sulfide) groups is 1. The van der Waals surface area contributed by atoms with Crippen LogP contribution in [-0.2, 0) is 11.0 Å². The maximum atomic E-state index is 13.1. The van der Waals surface area contributed by atoms with Gasteiger partial charge in [0.2, 0.25) is 23.2 Å². The average molecular weight is 495 g/mol. The second-order valence-corrected chi connectivity index (χ2v) is 8.72. The first-order valence-electron chi connectivity index (χ1n) is 10.1. The van der Waals surface area contributed by atoms with Gasteiger partial charge in [-0.25, -0.2) is 0 Å². The summed E-state index contributed by atoms with van der Waals surface area (Å²) in [5.74, 6) is 0.513. The summed E-state index contributed by atoms with van der Waals surface area (Å²) in [6.07, 6.45) is -5.42. The van der Waals surface area contributed by atoms with E-state index in [1.165, 1.54) is 28.8 Å². The standard InChI is InChI=1S/C22H18ClF3N4O2S/c1-3-17(31)30-16-10-9-14(23)11-15(16)18-19(27-21(29-28-18)33-4-2)32-20(30)12-5-7-13(8-6-12)22(24,25)26/h5-11,20H,3-4H2,1-2H3/t20-/m0/s1. The van der Waals surface area contributed by atoms with E-state index in [1.807, 2.05) is 6.92 Å². The minimum atomic E-state index is -4.48. The number of nitrogens with zero attached hydrogens (tertiary/aromatic N) is 4. The summed E-state index contributed by atoms with van der Waals surface area (Å²) in [4.78, 5) is 18.9. The van der Waals surface area contributed by atoms with Crippen LogP contribution in [-0.4, -0.2) is 26.8 Å². The fourth-order valence-corrected chi connectivity index (χ4v) is 4.10. The molecule has 0 aliphatic carbocycles. The molecule has 1 atom stereocenters. The predicted molar refractivity (Wildman–Crippen MR) is 119 cm³/mol. The van der Waals surface area contributed by atoms with E-state index in [1.54, 1.807) is 25.1 Å². The molecule has 0 saturated heterocycles. The molecule has 1 aliphatic rings. The Kier molecular flexibility index (Phi) is 6.49. The minimum Gasteiger partial charge on any atom is -0.447 e. The number of anilines is 1. The van der Waals surface area contributed by atoms with Gasteiger partial charge in [-0.15, -0.1) is 10.2 Å². The van der Waals surface area contributed by atoms with Crippen LogP contribution in [0.25, 0.3) is 11.3 Å². The number of alkyl halides is 3. The largest absolute Gasteiger partial charge is 0.447 e. The molecule has 1 amide bonds. The topological polar surface area (TPSA) is 68.2 Å². The number of fused-ring (bicyclic) bond motifs is 3. The summed E-state index contributed by atoms with van der Waals surface area (Å²) in [7, 11) is 0. The number of benzene rings is 2. The number of rotatable bonds is 4. The number of halogens is 4. The van der Waals surface area contributed by atoms with Crippen LogP contribution in [0, 0.1) is 0 Å². The predicted octanol–water partition coefficient (Wildman–Crippen LogP) is 6.16. The highest BCUT2D eigenvalue weighted by atomic mass is 35.5. The van der Waals surface area contributed by atoms with Crippen molar-refractivity contribution in [2.45, 2.75) is 37.8 Å². The molecule has 0 N–H and O–H groups in total. The molecule has 33 heavy (non-hydrogen) atoms. The number of amides is 1. The molecular weight excluding hydrogens is 477 g/mol. The fraction of sp³-hybridized carbons (Fsp3) is 0.273. The molecule has 0 radical (unpaired) electrons. The number of hydrogen-bond acceptors (Lipinski definition) is 6. The molecule has 0 bridgehead atoms.